The molecule has 2 atom stereocenters. The van der Waals surface area contributed by atoms with Gasteiger partial charge in [-0.1, -0.05) is 52.3 Å². The van der Waals surface area contributed by atoms with E-state index in [0.29, 0.717) is 5.92 Å². The normalized spacial score (nSPS) is 18.2. The summed E-state index contributed by atoms with van der Waals surface area (Å²) in [6, 6.07) is 18.1. The van der Waals surface area contributed by atoms with Crippen LogP contribution in [0.15, 0.2) is 59.1 Å². The number of hydrogen-bond acceptors (Lipinski definition) is 3. The Balaban J connectivity index is 1.56. The van der Waals surface area contributed by atoms with E-state index in [1.54, 1.807) is 0 Å². The smallest absolute Gasteiger partial charge is 0.241 e. The molecule has 1 fully saturated rings. The van der Waals surface area contributed by atoms with Gasteiger partial charge in [-0.05, 0) is 50.2 Å². The minimum atomic E-state index is -0.251. The van der Waals surface area contributed by atoms with Crippen molar-refractivity contribution in [3.05, 3.63) is 64.6 Å². The number of amides is 1. The van der Waals surface area contributed by atoms with Gasteiger partial charge in [-0.15, -0.1) is 0 Å². The maximum atomic E-state index is 12.8. The fraction of sp³-hybridized carbons (Fsp3) is 0.381. The number of nitrogens with zero attached hydrogens (tertiary/aromatic N) is 2. The maximum Gasteiger partial charge on any atom is 0.241 e. The summed E-state index contributed by atoms with van der Waals surface area (Å²) < 4.78 is 1.10. The van der Waals surface area contributed by atoms with Crippen molar-refractivity contribution >= 4 is 27.5 Å². The summed E-state index contributed by atoms with van der Waals surface area (Å²) in [5, 5.41) is 3.17. The summed E-state index contributed by atoms with van der Waals surface area (Å²) in [5.41, 5.74) is 2.26. The lowest BCUT2D eigenvalue weighted by Gasteiger charge is -2.25. The second-order valence-corrected chi connectivity index (χ2v) is 8.02. The predicted octanol–water partition coefficient (Wildman–Crippen LogP) is 3.69. The van der Waals surface area contributed by atoms with Gasteiger partial charge in [0.1, 0.15) is 6.04 Å². The van der Waals surface area contributed by atoms with E-state index < -0.39 is 0 Å². The lowest BCUT2D eigenvalue weighted by atomic mass is 10.0. The van der Waals surface area contributed by atoms with Crippen LogP contribution in [-0.4, -0.2) is 44.5 Å². The standard InChI is InChI=1S/C21H26BrN3O/c1-24(2)20(17-7-4-3-5-8-17)21(26)23-14-16-11-12-25(15-16)19-10-6-9-18(22)13-19/h3-10,13,16,20H,11-12,14-15H2,1-2H3,(H,23,26)/t16-,20+/m1/s1. The number of nitrogens with one attached hydrogen (secondary N) is 1. The number of carbonyl (C=O) groups is 1. The van der Waals surface area contributed by atoms with E-state index in [2.05, 4.69) is 44.3 Å². The van der Waals surface area contributed by atoms with Crippen molar-refractivity contribution in [1.29, 1.82) is 0 Å². The van der Waals surface area contributed by atoms with Gasteiger partial charge in [0.05, 0.1) is 0 Å². The lowest BCUT2D eigenvalue weighted by molar-refractivity contribution is -0.125. The van der Waals surface area contributed by atoms with E-state index in [1.807, 2.05) is 55.4 Å². The van der Waals surface area contributed by atoms with Gasteiger partial charge in [-0.2, -0.15) is 0 Å². The first-order valence-electron chi connectivity index (χ1n) is 9.04. The van der Waals surface area contributed by atoms with E-state index in [9.17, 15) is 4.79 Å². The van der Waals surface area contributed by atoms with Gasteiger partial charge in [-0.25, -0.2) is 0 Å². The van der Waals surface area contributed by atoms with Crippen LogP contribution in [0.5, 0.6) is 0 Å². The Morgan fingerprint density at radius 1 is 1.23 bits per heavy atom. The molecule has 0 unspecified atom stereocenters. The molecule has 4 nitrogen and oxygen atoms in total. The fourth-order valence-electron chi connectivity index (χ4n) is 3.57. The molecule has 0 radical (unpaired) electrons. The molecular formula is C21H26BrN3O. The number of anilines is 1. The van der Waals surface area contributed by atoms with Crippen LogP contribution in [-0.2, 0) is 4.79 Å². The summed E-state index contributed by atoms with van der Waals surface area (Å²) >= 11 is 3.54. The van der Waals surface area contributed by atoms with Gasteiger partial charge in [0, 0.05) is 29.8 Å². The average Bonchev–Trinajstić information content (AvgIpc) is 3.10. The molecule has 138 valence electrons. The molecule has 2 aromatic rings. The van der Waals surface area contributed by atoms with E-state index in [4.69, 9.17) is 0 Å². The third-order valence-electron chi connectivity index (χ3n) is 4.90. The van der Waals surface area contributed by atoms with E-state index in [-0.39, 0.29) is 11.9 Å². The predicted molar refractivity (Wildman–Crippen MR) is 110 cm³/mol. The molecule has 0 aromatic heterocycles. The Kier molecular flexibility index (Phi) is 6.33. The van der Waals surface area contributed by atoms with Crippen molar-refractivity contribution < 1.29 is 4.79 Å². The largest absolute Gasteiger partial charge is 0.371 e. The molecule has 0 aliphatic carbocycles. The third kappa shape index (κ3) is 4.65. The van der Waals surface area contributed by atoms with Crippen LogP contribution in [0.2, 0.25) is 0 Å². The van der Waals surface area contributed by atoms with Gasteiger partial charge in [0.15, 0.2) is 0 Å². The first-order valence-corrected chi connectivity index (χ1v) is 9.83. The van der Waals surface area contributed by atoms with Gasteiger partial charge in [0.2, 0.25) is 5.91 Å². The number of benzene rings is 2. The summed E-state index contributed by atoms with van der Waals surface area (Å²) in [6.45, 7) is 2.74. The van der Waals surface area contributed by atoms with E-state index in [0.717, 1.165) is 36.1 Å². The van der Waals surface area contributed by atoms with E-state index in [1.165, 1.54) is 5.69 Å². The fourth-order valence-corrected chi connectivity index (χ4v) is 3.95. The number of likely N-dealkylation sites (N-methyl/N-ethyl adjacent to an activating group) is 1. The van der Waals surface area contributed by atoms with Crippen LogP contribution in [0.25, 0.3) is 0 Å². The Morgan fingerprint density at radius 3 is 2.69 bits per heavy atom. The van der Waals surface area contributed by atoms with Crippen LogP contribution >= 0.6 is 15.9 Å². The van der Waals surface area contributed by atoms with E-state index >= 15 is 0 Å². The SMILES string of the molecule is CN(C)[C@H](C(=O)NC[C@H]1CCN(c2cccc(Br)c2)C1)c1ccccc1. The van der Waals surface area contributed by atoms with Crippen molar-refractivity contribution in [3.8, 4) is 0 Å². The molecule has 1 aliphatic heterocycles. The average molecular weight is 416 g/mol. The Hall–Kier alpha value is -1.85. The molecule has 0 bridgehead atoms. The van der Waals surface area contributed by atoms with Crippen LogP contribution in [0.3, 0.4) is 0 Å². The first-order chi connectivity index (χ1) is 12.5. The van der Waals surface area contributed by atoms with Crippen molar-refractivity contribution in [2.24, 2.45) is 5.92 Å². The molecule has 2 aromatic carbocycles. The number of halogens is 1. The molecule has 1 N–H and O–H groups in total. The molecular weight excluding hydrogens is 390 g/mol. The van der Waals surface area contributed by atoms with Crippen molar-refractivity contribution in [2.45, 2.75) is 12.5 Å². The summed E-state index contributed by atoms with van der Waals surface area (Å²) in [4.78, 5) is 17.1. The molecule has 0 spiro atoms. The topological polar surface area (TPSA) is 35.6 Å². The molecule has 3 rings (SSSR count). The molecule has 1 heterocycles. The van der Waals surface area contributed by atoms with Crippen LogP contribution < -0.4 is 10.2 Å². The zero-order valence-corrected chi connectivity index (χ0v) is 16.9. The molecule has 1 amide bonds. The Labute approximate surface area is 164 Å². The highest BCUT2D eigenvalue weighted by Crippen LogP contribution is 2.26. The number of rotatable bonds is 6. The second-order valence-electron chi connectivity index (χ2n) is 7.10. The van der Waals surface area contributed by atoms with Gasteiger partial charge in [0.25, 0.3) is 0 Å². The quantitative estimate of drug-likeness (QED) is 0.780. The summed E-state index contributed by atoms with van der Waals surface area (Å²) in [7, 11) is 3.89. The molecule has 26 heavy (non-hydrogen) atoms. The monoisotopic (exact) mass is 415 g/mol. The highest BCUT2D eigenvalue weighted by atomic mass is 79.9. The van der Waals surface area contributed by atoms with Crippen LogP contribution in [0.4, 0.5) is 5.69 Å². The zero-order valence-electron chi connectivity index (χ0n) is 15.4. The maximum absolute atomic E-state index is 12.8. The van der Waals surface area contributed by atoms with Crippen molar-refractivity contribution in [3.63, 3.8) is 0 Å². The molecule has 1 saturated heterocycles. The second kappa shape index (κ2) is 8.69. The molecule has 5 heteroatoms. The minimum Gasteiger partial charge on any atom is -0.371 e. The summed E-state index contributed by atoms with van der Waals surface area (Å²) in [6.07, 6.45) is 1.10. The lowest BCUT2D eigenvalue weighted by Crippen LogP contribution is -2.39. The molecule has 0 saturated carbocycles. The zero-order chi connectivity index (χ0) is 18.5. The van der Waals surface area contributed by atoms with Gasteiger partial charge in [-0.3, -0.25) is 9.69 Å². The highest BCUT2D eigenvalue weighted by molar-refractivity contribution is 9.10. The Morgan fingerprint density at radius 2 is 2.00 bits per heavy atom. The van der Waals surface area contributed by atoms with Gasteiger partial charge < -0.3 is 10.2 Å². The third-order valence-corrected chi connectivity index (χ3v) is 5.40. The first kappa shape index (κ1) is 18.9. The minimum absolute atomic E-state index is 0.0714. The number of hydrogen-bond donors (Lipinski definition) is 1. The van der Waals surface area contributed by atoms with Crippen LogP contribution in [0, 0.1) is 5.92 Å². The van der Waals surface area contributed by atoms with Crippen molar-refractivity contribution in [1.82, 2.24) is 10.2 Å². The summed E-state index contributed by atoms with van der Waals surface area (Å²) in [5.74, 6) is 0.554. The highest BCUT2D eigenvalue weighted by Gasteiger charge is 2.26. The molecule has 1 aliphatic rings. The number of carbonyl (C=O) groups excluding carboxylic acids is 1. The van der Waals surface area contributed by atoms with Crippen molar-refractivity contribution in [2.75, 3.05) is 38.6 Å². The van der Waals surface area contributed by atoms with Gasteiger partial charge >= 0.3 is 0 Å². The van der Waals surface area contributed by atoms with Crippen LogP contribution in [0.1, 0.15) is 18.0 Å². The Bertz CT molecular complexity index is 735.